The van der Waals surface area contributed by atoms with Gasteiger partial charge >= 0.3 is 0 Å². The van der Waals surface area contributed by atoms with E-state index in [0.717, 1.165) is 41.9 Å². The Hall–Kier alpha value is -0.810. The normalized spacial score (nSPS) is 16.8. The lowest BCUT2D eigenvalue weighted by atomic mass is 10.3. The van der Waals surface area contributed by atoms with Crippen LogP contribution in [0.5, 0.6) is 0 Å². The fraction of sp³-hybridized carbons (Fsp3) is 0.600. The molecule has 1 fully saturated rings. The maximum atomic E-state index is 5.60. The van der Waals surface area contributed by atoms with Crippen molar-refractivity contribution in [2.24, 2.45) is 5.73 Å². The van der Waals surface area contributed by atoms with Crippen molar-refractivity contribution >= 4 is 17.7 Å². The van der Waals surface area contributed by atoms with Gasteiger partial charge in [0.05, 0.1) is 5.69 Å². The van der Waals surface area contributed by atoms with Gasteiger partial charge in [-0.25, -0.2) is 9.97 Å². The van der Waals surface area contributed by atoms with Crippen LogP contribution in [0.4, 0.5) is 5.95 Å². The van der Waals surface area contributed by atoms with Crippen molar-refractivity contribution in [2.75, 3.05) is 29.5 Å². The molecule has 0 saturated carbocycles. The number of rotatable bonds is 2. The van der Waals surface area contributed by atoms with Crippen molar-refractivity contribution < 1.29 is 0 Å². The SMILES string of the molecule is Cc1cc(CN)nc(N2CCSCC2)n1. The van der Waals surface area contributed by atoms with Gasteiger partial charge in [-0.1, -0.05) is 0 Å². The third kappa shape index (κ3) is 2.60. The van der Waals surface area contributed by atoms with Gasteiger partial charge in [-0.3, -0.25) is 0 Å². The van der Waals surface area contributed by atoms with Crippen LogP contribution in [0, 0.1) is 6.92 Å². The first-order valence-corrected chi connectivity index (χ1v) is 6.32. The summed E-state index contributed by atoms with van der Waals surface area (Å²) in [5.41, 5.74) is 7.53. The lowest BCUT2D eigenvalue weighted by Gasteiger charge is -2.26. The highest BCUT2D eigenvalue weighted by atomic mass is 32.2. The first kappa shape index (κ1) is 10.7. The summed E-state index contributed by atoms with van der Waals surface area (Å²) >= 11 is 1.99. The molecule has 0 spiro atoms. The van der Waals surface area contributed by atoms with Gasteiger partial charge in [0.25, 0.3) is 0 Å². The second-order valence-electron chi connectivity index (χ2n) is 3.60. The third-order valence-electron chi connectivity index (χ3n) is 2.40. The largest absolute Gasteiger partial charge is 0.339 e. The number of aromatic nitrogens is 2. The quantitative estimate of drug-likeness (QED) is 0.805. The topological polar surface area (TPSA) is 55.0 Å². The Kier molecular flexibility index (Phi) is 3.43. The van der Waals surface area contributed by atoms with Crippen molar-refractivity contribution in [2.45, 2.75) is 13.5 Å². The zero-order valence-corrected chi connectivity index (χ0v) is 9.76. The molecular weight excluding hydrogens is 208 g/mol. The molecule has 1 aromatic rings. The molecular formula is C10H16N4S. The van der Waals surface area contributed by atoms with E-state index in [2.05, 4.69) is 14.9 Å². The average Bonchev–Trinajstić information content (AvgIpc) is 2.29. The van der Waals surface area contributed by atoms with Crippen molar-refractivity contribution in [3.05, 3.63) is 17.5 Å². The number of hydrogen-bond acceptors (Lipinski definition) is 5. The lowest BCUT2D eigenvalue weighted by molar-refractivity contribution is 0.797. The Labute approximate surface area is 94.3 Å². The summed E-state index contributed by atoms with van der Waals surface area (Å²) in [7, 11) is 0. The Morgan fingerprint density at radius 1 is 1.40 bits per heavy atom. The predicted octanol–water partition coefficient (Wildman–Crippen LogP) is 0.797. The maximum absolute atomic E-state index is 5.60. The molecule has 2 rings (SSSR count). The second-order valence-corrected chi connectivity index (χ2v) is 4.83. The second kappa shape index (κ2) is 4.81. The number of hydrogen-bond donors (Lipinski definition) is 1. The molecule has 0 atom stereocenters. The molecule has 0 unspecified atom stereocenters. The Morgan fingerprint density at radius 2 is 2.13 bits per heavy atom. The highest BCUT2D eigenvalue weighted by molar-refractivity contribution is 7.99. The van der Waals surface area contributed by atoms with Gasteiger partial charge in [-0.15, -0.1) is 0 Å². The van der Waals surface area contributed by atoms with Gasteiger partial charge < -0.3 is 10.6 Å². The van der Waals surface area contributed by atoms with Gasteiger partial charge in [0.2, 0.25) is 5.95 Å². The molecule has 5 heteroatoms. The molecule has 1 aliphatic heterocycles. The summed E-state index contributed by atoms with van der Waals surface area (Å²) in [6.45, 7) is 4.55. The van der Waals surface area contributed by atoms with Gasteiger partial charge in [0.1, 0.15) is 0 Å². The monoisotopic (exact) mass is 224 g/mol. The predicted molar refractivity (Wildman–Crippen MR) is 64.2 cm³/mol. The van der Waals surface area contributed by atoms with E-state index in [0.29, 0.717) is 6.54 Å². The van der Waals surface area contributed by atoms with Crippen LogP contribution >= 0.6 is 11.8 Å². The molecule has 1 aliphatic rings. The summed E-state index contributed by atoms with van der Waals surface area (Å²) in [5.74, 6) is 3.17. The van der Waals surface area contributed by atoms with E-state index in [9.17, 15) is 0 Å². The highest BCUT2D eigenvalue weighted by Gasteiger charge is 2.14. The van der Waals surface area contributed by atoms with Crippen molar-refractivity contribution in [1.82, 2.24) is 9.97 Å². The molecule has 0 radical (unpaired) electrons. The zero-order valence-electron chi connectivity index (χ0n) is 8.94. The standard InChI is InChI=1S/C10H16N4S/c1-8-6-9(7-11)13-10(12-8)14-2-4-15-5-3-14/h6H,2-5,7,11H2,1H3. The van der Waals surface area contributed by atoms with Crippen LogP contribution in [0.15, 0.2) is 6.07 Å². The van der Waals surface area contributed by atoms with Crippen LogP contribution < -0.4 is 10.6 Å². The molecule has 1 saturated heterocycles. The zero-order chi connectivity index (χ0) is 10.7. The average molecular weight is 224 g/mol. The van der Waals surface area contributed by atoms with Gasteiger partial charge in [0.15, 0.2) is 0 Å². The van der Waals surface area contributed by atoms with E-state index >= 15 is 0 Å². The first-order valence-electron chi connectivity index (χ1n) is 5.17. The minimum Gasteiger partial charge on any atom is -0.339 e. The van der Waals surface area contributed by atoms with E-state index in [-0.39, 0.29) is 0 Å². The maximum Gasteiger partial charge on any atom is 0.225 e. The summed E-state index contributed by atoms with van der Waals surface area (Å²) in [6, 6.07) is 1.95. The van der Waals surface area contributed by atoms with Crippen LogP contribution in [0.2, 0.25) is 0 Å². The van der Waals surface area contributed by atoms with Crippen molar-refractivity contribution in [3.63, 3.8) is 0 Å². The Morgan fingerprint density at radius 3 is 2.80 bits per heavy atom. The molecule has 0 aromatic carbocycles. The number of nitrogens with zero attached hydrogens (tertiary/aromatic N) is 3. The molecule has 0 amide bonds. The lowest BCUT2D eigenvalue weighted by Crippen LogP contribution is -2.34. The first-order chi connectivity index (χ1) is 7.29. The highest BCUT2D eigenvalue weighted by Crippen LogP contribution is 2.16. The number of nitrogens with two attached hydrogens (primary N) is 1. The van der Waals surface area contributed by atoms with Crippen molar-refractivity contribution in [3.8, 4) is 0 Å². The van der Waals surface area contributed by atoms with E-state index in [4.69, 9.17) is 5.73 Å². The van der Waals surface area contributed by atoms with Crippen LogP contribution in [-0.4, -0.2) is 34.6 Å². The molecule has 0 bridgehead atoms. The fourth-order valence-corrected chi connectivity index (χ4v) is 2.53. The third-order valence-corrected chi connectivity index (χ3v) is 3.34. The van der Waals surface area contributed by atoms with Gasteiger partial charge in [-0.05, 0) is 13.0 Å². The molecule has 82 valence electrons. The fourth-order valence-electron chi connectivity index (χ4n) is 1.63. The van der Waals surface area contributed by atoms with E-state index in [1.165, 1.54) is 0 Å². The van der Waals surface area contributed by atoms with Crippen LogP contribution in [0.1, 0.15) is 11.4 Å². The number of thioether (sulfide) groups is 1. The molecule has 1 aromatic heterocycles. The number of aryl methyl sites for hydroxylation is 1. The Balaban J connectivity index is 2.22. The summed E-state index contributed by atoms with van der Waals surface area (Å²) in [6.07, 6.45) is 0. The molecule has 0 aliphatic carbocycles. The number of anilines is 1. The van der Waals surface area contributed by atoms with Crippen LogP contribution in [-0.2, 0) is 6.54 Å². The summed E-state index contributed by atoms with van der Waals surface area (Å²) in [4.78, 5) is 11.2. The summed E-state index contributed by atoms with van der Waals surface area (Å²) in [5, 5.41) is 0. The van der Waals surface area contributed by atoms with Crippen LogP contribution in [0.25, 0.3) is 0 Å². The Bertz CT molecular complexity index is 336. The van der Waals surface area contributed by atoms with Gasteiger partial charge in [-0.2, -0.15) is 11.8 Å². The summed E-state index contributed by atoms with van der Waals surface area (Å²) < 4.78 is 0. The van der Waals surface area contributed by atoms with E-state index < -0.39 is 0 Å². The van der Waals surface area contributed by atoms with E-state index in [1.54, 1.807) is 0 Å². The minimum absolute atomic E-state index is 0.485. The smallest absolute Gasteiger partial charge is 0.225 e. The van der Waals surface area contributed by atoms with E-state index in [1.807, 2.05) is 24.8 Å². The molecule has 15 heavy (non-hydrogen) atoms. The van der Waals surface area contributed by atoms with Gasteiger partial charge in [0, 0.05) is 36.8 Å². The molecule has 2 heterocycles. The van der Waals surface area contributed by atoms with Crippen molar-refractivity contribution in [1.29, 1.82) is 0 Å². The van der Waals surface area contributed by atoms with Crippen LogP contribution in [0.3, 0.4) is 0 Å². The minimum atomic E-state index is 0.485. The molecule has 4 nitrogen and oxygen atoms in total. The molecule has 2 N–H and O–H groups in total.